The van der Waals surface area contributed by atoms with Crippen LogP contribution in [0.25, 0.3) is 0 Å². The molecule has 1 heterocycles. The average Bonchev–Trinajstić information content (AvgIpc) is 2.27. The first kappa shape index (κ1) is 9.79. The molecule has 15 heavy (non-hydrogen) atoms. The number of carboxylic acids is 1. The molecule has 0 amide bonds. The van der Waals surface area contributed by atoms with E-state index in [1.165, 1.54) is 0 Å². The highest BCUT2D eigenvalue weighted by Crippen LogP contribution is 2.36. The predicted molar refractivity (Wildman–Crippen MR) is 52.0 cm³/mol. The van der Waals surface area contributed by atoms with Crippen LogP contribution in [0.1, 0.15) is 11.6 Å². The molecular weight excluding hydrogens is 198 g/mol. The van der Waals surface area contributed by atoms with E-state index in [1.807, 2.05) is 0 Å². The van der Waals surface area contributed by atoms with Crippen LogP contribution in [0.2, 0.25) is 0 Å². The van der Waals surface area contributed by atoms with Gasteiger partial charge < -0.3 is 20.3 Å². The molecule has 1 unspecified atom stereocenters. The molecule has 5 nitrogen and oxygen atoms in total. The van der Waals surface area contributed by atoms with Gasteiger partial charge in [0.05, 0.1) is 0 Å². The van der Waals surface area contributed by atoms with Crippen LogP contribution in [0.3, 0.4) is 0 Å². The van der Waals surface area contributed by atoms with Gasteiger partial charge in [-0.3, -0.25) is 4.79 Å². The third-order valence-electron chi connectivity index (χ3n) is 2.20. The lowest BCUT2D eigenvalue weighted by molar-refractivity contribution is -0.138. The molecule has 0 fully saturated rings. The van der Waals surface area contributed by atoms with Gasteiger partial charge in [0, 0.05) is 5.56 Å². The van der Waals surface area contributed by atoms with Crippen LogP contribution in [0.5, 0.6) is 11.5 Å². The van der Waals surface area contributed by atoms with E-state index in [9.17, 15) is 4.79 Å². The Morgan fingerprint density at radius 3 is 2.87 bits per heavy atom. The van der Waals surface area contributed by atoms with Crippen molar-refractivity contribution < 1.29 is 19.4 Å². The van der Waals surface area contributed by atoms with Gasteiger partial charge in [-0.25, -0.2) is 0 Å². The smallest absolute Gasteiger partial charge is 0.325 e. The number of ether oxygens (including phenoxy) is 2. The predicted octanol–water partition coefficient (Wildman–Crippen LogP) is 0.542. The van der Waals surface area contributed by atoms with Gasteiger partial charge in [0.1, 0.15) is 19.3 Å². The van der Waals surface area contributed by atoms with E-state index in [4.69, 9.17) is 20.3 Å². The number of carbonyl (C=O) groups is 1. The Hall–Kier alpha value is -1.75. The van der Waals surface area contributed by atoms with Crippen molar-refractivity contribution in [3.63, 3.8) is 0 Å². The summed E-state index contributed by atoms with van der Waals surface area (Å²) in [5.41, 5.74) is 5.97. The van der Waals surface area contributed by atoms with Crippen molar-refractivity contribution in [3.8, 4) is 11.5 Å². The van der Waals surface area contributed by atoms with Crippen molar-refractivity contribution in [2.75, 3.05) is 13.2 Å². The van der Waals surface area contributed by atoms with E-state index in [-0.39, 0.29) is 0 Å². The zero-order chi connectivity index (χ0) is 10.8. The molecule has 1 aromatic rings. The Morgan fingerprint density at radius 1 is 1.40 bits per heavy atom. The highest BCUT2D eigenvalue weighted by atomic mass is 16.6. The van der Waals surface area contributed by atoms with Crippen LogP contribution in [0.15, 0.2) is 18.2 Å². The summed E-state index contributed by atoms with van der Waals surface area (Å²) < 4.78 is 10.7. The molecule has 1 atom stereocenters. The van der Waals surface area contributed by atoms with Crippen LogP contribution < -0.4 is 15.2 Å². The van der Waals surface area contributed by atoms with Gasteiger partial charge in [0.15, 0.2) is 11.5 Å². The number of aliphatic carboxylic acids is 1. The summed E-state index contributed by atoms with van der Waals surface area (Å²) in [5, 5.41) is 8.82. The largest absolute Gasteiger partial charge is 0.486 e. The number of rotatable bonds is 2. The number of benzene rings is 1. The summed E-state index contributed by atoms with van der Waals surface area (Å²) in [6.07, 6.45) is 0. The number of nitrogens with two attached hydrogens (primary N) is 1. The van der Waals surface area contributed by atoms with Crippen molar-refractivity contribution in [1.82, 2.24) is 0 Å². The first-order chi connectivity index (χ1) is 7.20. The van der Waals surface area contributed by atoms with E-state index in [2.05, 4.69) is 0 Å². The normalized spacial score (nSPS) is 15.8. The Morgan fingerprint density at radius 2 is 2.13 bits per heavy atom. The van der Waals surface area contributed by atoms with Crippen molar-refractivity contribution in [3.05, 3.63) is 23.8 Å². The maximum atomic E-state index is 10.8. The quantitative estimate of drug-likeness (QED) is 0.743. The van der Waals surface area contributed by atoms with Crippen molar-refractivity contribution >= 4 is 5.97 Å². The lowest BCUT2D eigenvalue weighted by Gasteiger charge is -2.22. The number of hydrogen-bond acceptors (Lipinski definition) is 4. The minimum Gasteiger partial charge on any atom is -0.486 e. The number of fused-ring (bicyclic) bond motifs is 1. The zero-order valence-corrected chi connectivity index (χ0v) is 7.97. The van der Waals surface area contributed by atoms with Crippen LogP contribution in [0, 0.1) is 0 Å². The van der Waals surface area contributed by atoms with E-state index >= 15 is 0 Å². The van der Waals surface area contributed by atoms with Crippen molar-refractivity contribution in [1.29, 1.82) is 0 Å². The van der Waals surface area contributed by atoms with Gasteiger partial charge in [-0.1, -0.05) is 12.1 Å². The van der Waals surface area contributed by atoms with E-state index in [0.29, 0.717) is 30.3 Å². The van der Waals surface area contributed by atoms with E-state index < -0.39 is 12.0 Å². The molecule has 0 bridgehead atoms. The summed E-state index contributed by atoms with van der Waals surface area (Å²) >= 11 is 0. The molecule has 3 N–H and O–H groups in total. The maximum absolute atomic E-state index is 10.8. The van der Waals surface area contributed by atoms with Crippen molar-refractivity contribution in [2.45, 2.75) is 6.04 Å². The van der Waals surface area contributed by atoms with Crippen molar-refractivity contribution in [2.24, 2.45) is 5.73 Å². The topological polar surface area (TPSA) is 81.8 Å². The second-order valence-electron chi connectivity index (χ2n) is 3.19. The van der Waals surface area contributed by atoms with Crippen LogP contribution in [0.4, 0.5) is 0 Å². The van der Waals surface area contributed by atoms with E-state index in [1.54, 1.807) is 18.2 Å². The molecule has 2 rings (SSSR count). The molecule has 0 saturated heterocycles. The Kier molecular flexibility index (Phi) is 2.47. The molecule has 80 valence electrons. The Balaban J connectivity index is 2.43. The standard InChI is InChI=1S/C10H11NO4/c11-8(10(12)13)6-2-1-3-7-9(6)15-5-4-14-7/h1-3,8H,4-5,11H2,(H,12,13). The van der Waals surface area contributed by atoms with Gasteiger partial charge in [0.2, 0.25) is 0 Å². The van der Waals surface area contributed by atoms with Crippen LogP contribution >= 0.6 is 0 Å². The summed E-state index contributed by atoms with van der Waals surface area (Å²) in [6, 6.07) is 3.98. The Bertz CT molecular complexity index is 391. The molecule has 0 aliphatic carbocycles. The number of hydrogen-bond donors (Lipinski definition) is 2. The fourth-order valence-electron chi connectivity index (χ4n) is 1.47. The highest BCUT2D eigenvalue weighted by molar-refractivity contribution is 5.77. The summed E-state index contributed by atoms with van der Waals surface area (Å²) in [5.74, 6) is -0.0910. The number of para-hydroxylation sites is 1. The summed E-state index contributed by atoms with van der Waals surface area (Å²) in [7, 11) is 0. The molecule has 1 aliphatic rings. The number of carboxylic acid groups (broad SMARTS) is 1. The molecule has 5 heteroatoms. The lowest BCUT2D eigenvalue weighted by atomic mass is 10.1. The minimum absolute atomic E-state index is 0.413. The van der Waals surface area contributed by atoms with E-state index in [0.717, 1.165) is 0 Å². The summed E-state index contributed by atoms with van der Waals surface area (Å²) in [4.78, 5) is 10.8. The van der Waals surface area contributed by atoms with Gasteiger partial charge in [0.25, 0.3) is 0 Å². The lowest BCUT2D eigenvalue weighted by Crippen LogP contribution is -2.24. The van der Waals surface area contributed by atoms with Gasteiger partial charge in [-0.05, 0) is 6.07 Å². The third-order valence-corrected chi connectivity index (χ3v) is 2.20. The molecule has 0 saturated carbocycles. The average molecular weight is 209 g/mol. The monoisotopic (exact) mass is 209 g/mol. The van der Waals surface area contributed by atoms with Gasteiger partial charge >= 0.3 is 5.97 Å². The second kappa shape index (κ2) is 3.78. The fourth-order valence-corrected chi connectivity index (χ4v) is 1.47. The summed E-state index contributed by atoms with van der Waals surface area (Å²) in [6.45, 7) is 0.884. The minimum atomic E-state index is -1.09. The van der Waals surface area contributed by atoms with Crippen LogP contribution in [-0.4, -0.2) is 24.3 Å². The SMILES string of the molecule is NC(C(=O)O)c1cccc2c1OCCO2. The molecule has 0 aromatic heterocycles. The molecule has 1 aromatic carbocycles. The first-order valence-corrected chi connectivity index (χ1v) is 4.57. The molecule has 0 radical (unpaired) electrons. The fraction of sp³-hybridized carbons (Fsp3) is 0.300. The second-order valence-corrected chi connectivity index (χ2v) is 3.19. The highest BCUT2D eigenvalue weighted by Gasteiger charge is 2.23. The van der Waals surface area contributed by atoms with Gasteiger partial charge in [-0.15, -0.1) is 0 Å². The first-order valence-electron chi connectivity index (χ1n) is 4.57. The molecule has 1 aliphatic heterocycles. The zero-order valence-electron chi connectivity index (χ0n) is 7.97. The maximum Gasteiger partial charge on any atom is 0.325 e. The molecular formula is C10H11NO4. The third kappa shape index (κ3) is 1.73. The Labute approximate surface area is 86.4 Å². The molecule has 0 spiro atoms. The van der Waals surface area contributed by atoms with Crippen LogP contribution in [-0.2, 0) is 4.79 Å². The van der Waals surface area contributed by atoms with Gasteiger partial charge in [-0.2, -0.15) is 0 Å².